The summed E-state index contributed by atoms with van der Waals surface area (Å²) in [6.07, 6.45) is 1.86. The lowest BCUT2D eigenvalue weighted by Crippen LogP contribution is -2.53. The molecule has 1 fully saturated rings. The molecule has 3 rings (SSSR count). The van der Waals surface area contributed by atoms with Crippen molar-refractivity contribution in [2.24, 2.45) is 0 Å². The number of rotatable bonds is 3. The van der Waals surface area contributed by atoms with Crippen LogP contribution in [0.1, 0.15) is 18.9 Å². The molecule has 0 amide bonds. The van der Waals surface area contributed by atoms with E-state index in [9.17, 15) is 8.42 Å². The van der Waals surface area contributed by atoms with Gasteiger partial charge in [0.25, 0.3) is 0 Å². The second-order valence-corrected chi connectivity index (χ2v) is 7.50. The summed E-state index contributed by atoms with van der Waals surface area (Å²) < 4.78 is 29.1. The highest BCUT2D eigenvalue weighted by molar-refractivity contribution is 7.90. The Balaban J connectivity index is 1.83. The molecule has 0 aliphatic carbocycles. The van der Waals surface area contributed by atoms with Crippen LogP contribution in [0.4, 0.5) is 5.69 Å². The highest BCUT2D eigenvalue weighted by atomic mass is 32.2. The molecule has 6 heteroatoms. The van der Waals surface area contributed by atoms with Crippen LogP contribution in [-0.4, -0.2) is 56.9 Å². The van der Waals surface area contributed by atoms with Crippen LogP contribution in [0.25, 0.3) is 0 Å². The lowest BCUT2D eigenvalue weighted by atomic mass is 10.0. The Morgan fingerprint density at radius 2 is 1.76 bits per heavy atom. The fraction of sp³-hybridized carbons (Fsp3) is 0.600. The summed E-state index contributed by atoms with van der Waals surface area (Å²) in [5, 5.41) is 0. The number of fused-ring (bicyclic) bond motifs is 1. The minimum Gasteiger partial charge on any atom is -0.301 e. The highest BCUT2D eigenvalue weighted by Gasteiger charge is 2.34. The van der Waals surface area contributed by atoms with Crippen LogP contribution in [0, 0.1) is 0 Å². The second-order valence-electron chi connectivity index (χ2n) is 5.65. The molecule has 1 aromatic carbocycles. The van der Waals surface area contributed by atoms with Gasteiger partial charge in [0.1, 0.15) is 0 Å². The summed E-state index contributed by atoms with van der Waals surface area (Å²) in [6, 6.07) is 7.86. The van der Waals surface area contributed by atoms with Gasteiger partial charge < -0.3 is 4.90 Å². The molecule has 0 spiro atoms. The van der Waals surface area contributed by atoms with Crippen molar-refractivity contribution >= 4 is 15.9 Å². The Labute approximate surface area is 127 Å². The van der Waals surface area contributed by atoms with Crippen LogP contribution in [0.2, 0.25) is 0 Å². The molecule has 2 heterocycles. The summed E-state index contributed by atoms with van der Waals surface area (Å²) in [5.74, 6) is 0. The van der Waals surface area contributed by atoms with Crippen LogP contribution < -0.4 is 4.31 Å². The van der Waals surface area contributed by atoms with E-state index in [-0.39, 0.29) is 0 Å². The van der Waals surface area contributed by atoms with Gasteiger partial charge in [0, 0.05) is 32.7 Å². The maximum Gasteiger partial charge on any atom is 0.304 e. The zero-order chi connectivity index (χ0) is 14.9. The maximum atomic E-state index is 12.9. The van der Waals surface area contributed by atoms with Crippen LogP contribution in [0.15, 0.2) is 24.3 Å². The summed E-state index contributed by atoms with van der Waals surface area (Å²) in [6.45, 7) is 6.53. The van der Waals surface area contributed by atoms with Crippen molar-refractivity contribution in [3.05, 3.63) is 29.8 Å². The first-order valence-corrected chi connectivity index (χ1v) is 9.10. The molecule has 116 valence electrons. The van der Waals surface area contributed by atoms with E-state index in [1.165, 1.54) is 0 Å². The molecule has 0 unspecified atom stereocenters. The van der Waals surface area contributed by atoms with E-state index in [0.717, 1.165) is 43.7 Å². The third-order valence-electron chi connectivity index (χ3n) is 4.45. The molecular formula is C15H23N3O2S. The van der Waals surface area contributed by atoms with Crippen molar-refractivity contribution in [2.45, 2.75) is 19.8 Å². The van der Waals surface area contributed by atoms with Gasteiger partial charge in [0.15, 0.2) is 0 Å². The van der Waals surface area contributed by atoms with Gasteiger partial charge >= 0.3 is 10.2 Å². The Morgan fingerprint density at radius 3 is 2.48 bits per heavy atom. The number of nitrogens with zero attached hydrogens (tertiary/aromatic N) is 3. The largest absolute Gasteiger partial charge is 0.304 e. The first-order valence-electron chi connectivity index (χ1n) is 7.71. The Morgan fingerprint density at radius 1 is 1.05 bits per heavy atom. The molecule has 1 aromatic rings. The fourth-order valence-electron chi connectivity index (χ4n) is 3.15. The van der Waals surface area contributed by atoms with E-state index in [0.29, 0.717) is 19.6 Å². The molecular weight excluding hydrogens is 286 g/mol. The summed E-state index contributed by atoms with van der Waals surface area (Å²) >= 11 is 0. The van der Waals surface area contributed by atoms with E-state index >= 15 is 0 Å². The quantitative estimate of drug-likeness (QED) is 0.846. The van der Waals surface area contributed by atoms with Crippen molar-refractivity contribution in [1.82, 2.24) is 9.21 Å². The summed E-state index contributed by atoms with van der Waals surface area (Å²) in [5.41, 5.74) is 2.00. The van der Waals surface area contributed by atoms with Crippen molar-refractivity contribution in [2.75, 3.05) is 43.6 Å². The predicted molar refractivity (Wildman–Crippen MR) is 84.7 cm³/mol. The number of piperazine rings is 1. The molecule has 0 atom stereocenters. The third-order valence-corrected chi connectivity index (χ3v) is 6.40. The zero-order valence-corrected chi connectivity index (χ0v) is 13.3. The standard InChI is InChI=1S/C15H23N3O2S/c1-2-16-10-12-17(13-11-16)21(19,20)18-9-5-7-14-6-3-4-8-15(14)18/h3-4,6,8H,2,5,7,9-13H2,1H3. The van der Waals surface area contributed by atoms with E-state index in [4.69, 9.17) is 0 Å². The SMILES string of the molecule is CCN1CCN(S(=O)(=O)N2CCCc3ccccc32)CC1. The number of benzene rings is 1. The van der Waals surface area contributed by atoms with Gasteiger partial charge in [-0.05, 0) is 31.0 Å². The monoisotopic (exact) mass is 309 g/mol. The van der Waals surface area contributed by atoms with E-state index in [2.05, 4.69) is 11.8 Å². The molecule has 1 saturated heterocycles. The summed E-state index contributed by atoms with van der Waals surface area (Å²) in [7, 11) is -3.39. The molecule has 21 heavy (non-hydrogen) atoms. The molecule has 0 aromatic heterocycles. The molecule has 0 bridgehead atoms. The minimum absolute atomic E-state index is 0.591. The highest BCUT2D eigenvalue weighted by Crippen LogP contribution is 2.30. The van der Waals surface area contributed by atoms with Crippen LogP contribution >= 0.6 is 0 Å². The first-order chi connectivity index (χ1) is 10.1. The van der Waals surface area contributed by atoms with Gasteiger partial charge in [-0.25, -0.2) is 0 Å². The number of para-hydroxylation sites is 1. The van der Waals surface area contributed by atoms with Gasteiger partial charge in [-0.15, -0.1) is 0 Å². The van der Waals surface area contributed by atoms with Crippen LogP contribution in [0.5, 0.6) is 0 Å². The Hall–Kier alpha value is -1.11. The van der Waals surface area contributed by atoms with Crippen LogP contribution in [0.3, 0.4) is 0 Å². The normalized spacial score (nSPS) is 21.3. The topological polar surface area (TPSA) is 43.9 Å². The van der Waals surface area contributed by atoms with Crippen molar-refractivity contribution in [3.63, 3.8) is 0 Å². The molecule has 0 N–H and O–H groups in total. The first kappa shape index (κ1) is 14.8. The van der Waals surface area contributed by atoms with Gasteiger partial charge in [0.2, 0.25) is 0 Å². The molecule has 0 radical (unpaired) electrons. The number of anilines is 1. The maximum absolute atomic E-state index is 12.9. The number of likely N-dealkylation sites (N-methyl/N-ethyl adjacent to an activating group) is 1. The van der Waals surface area contributed by atoms with Crippen molar-refractivity contribution in [3.8, 4) is 0 Å². The van der Waals surface area contributed by atoms with Gasteiger partial charge in [-0.2, -0.15) is 12.7 Å². The minimum atomic E-state index is -3.39. The molecule has 2 aliphatic heterocycles. The fourth-order valence-corrected chi connectivity index (χ4v) is 4.84. The zero-order valence-electron chi connectivity index (χ0n) is 12.5. The lowest BCUT2D eigenvalue weighted by molar-refractivity contribution is 0.196. The van der Waals surface area contributed by atoms with Crippen LogP contribution in [-0.2, 0) is 16.6 Å². The van der Waals surface area contributed by atoms with E-state index in [1.54, 1.807) is 8.61 Å². The molecule has 0 saturated carbocycles. The number of hydrogen-bond donors (Lipinski definition) is 0. The second kappa shape index (κ2) is 5.94. The summed E-state index contributed by atoms with van der Waals surface area (Å²) in [4.78, 5) is 2.29. The molecule has 2 aliphatic rings. The lowest BCUT2D eigenvalue weighted by Gasteiger charge is -2.38. The smallest absolute Gasteiger partial charge is 0.301 e. The Bertz CT molecular complexity index is 595. The number of hydrogen-bond acceptors (Lipinski definition) is 3. The third kappa shape index (κ3) is 2.80. The Kier molecular flexibility index (Phi) is 4.19. The van der Waals surface area contributed by atoms with Gasteiger partial charge in [-0.1, -0.05) is 25.1 Å². The predicted octanol–water partition coefficient (Wildman–Crippen LogP) is 1.32. The van der Waals surface area contributed by atoms with Crippen molar-refractivity contribution in [1.29, 1.82) is 0 Å². The van der Waals surface area contributed by atoms with E-state index < -0.39 is 10.2 Å². The molecule has 5 nitrogen and oxygen atoms in total. The number of aryl methyl sites for hydroxylation is 1. The average molecular weight is 309 g/mol. The van der Waals surface area contributed by atoms with E-state index in [1.807, 2.05) is 24.3 Å². The van der Waals surface area contributed by atoms with Crippen molar-refractivity contribution < 1.29 is 8.42 Å². The average Bonchev–Trinajstić information content (AvgIpc) is 2.54. The van der Waals surface area contributed by atoms with Gasteiger partial charge in [-0.3, -0.25) is 4.31 Å². The van der Waals surface area contributed by atoms with Gasteiger partial charge in [0.05, 0.1) is 5.69 Å².